The molecule has 4 rings (SSSR count). The number of ether oxygens (including phenoxy) is 1. The van der Waals surface area contributed by atoms with Gasteiger partial charge in [0.15, 0.2) is 0 Å². The molecule has 3 amide bonds. The number of likely N-dealkylation sites (N-methyl/N-ethyl adjacent to an activating group) is 1. The van der Waals surface area contributed by atoms with Crippen molar-refractivity contribution >= 4 is 17.9 Å². The zero-order chi connectivity index (χ0) is 26.7. The Morgan fingerprint density at radius 1 is 0.946 bits per heavy atom. The summed E-state index contributed by atoms with van der Waals surface area (Å²) in [4.78, 5) is 47.1. The molecule has 4 aliphatic rings. The number of amides is 3. The summed E-state index contributed by atoms with van der Waals surface area (Å²) in [7, 11) is 1.97. The smallest absolute Gasteiger partial charge is 0.410 e. The Morgan fingerprint density at radius 2 is 1.59 bits per heavy atom. The van der Waals surface area contributed by atoms with Crippen LogP contribution in [0.2, 0.25) is 0 Å². The first-order valence-corrected chi connectivity index (χ1v) is 14.9. The van der Waals surface area contributed by atoms with Gasteiger partial charge in [-0.15, -0.1) is 0 Å². The highest BCUT2D eigenvalue weighted by atomic mass is 16.6. The third kappa shape index (κ3) is 6.61. The Hall–Kier alpha value is -1.83. The zero-order valence-electron chi connectivity index (χ0n) is 23.9. The third-order valence-corrected chi connectivity index (χ3v) is 9.56. The molecule has 4 fully saturated rings. The molecule has 2 heterocycles. The third-order valence-electron chi connectivity index (χ3n) is 9.56. The Kier molecular flexibility index (Phi) is 9.41. The minimum atomic E-state index is -0.244. The van der Waals surface area contributed by atoms with Gasteiger partial charge in [0.2, 0.25) is 11.8 Å². The van der Waals surface area contributed by atoms with Crippen LogP contribution in [0.1, 0.15) is 85.5 Å². The van der Waals surface area contributed by atoms with Gasteiger partial charge in [-0.2, -0.15) is 0 Å². The number of likely N-dealkylation sites (tertiary alicyclic amines) is 1. The van der Waals surface area contributed by atoms with E-state index in [1.54, 1.807) is 6.92 Å². The molecule has 3 unspecified atom stereocenters. The standard InChI is InChI=1S/C29H50N4O4/c1-20(2)37-29(36)32-19-21(3)33(22(4)34)26-13-12-25(18-27(26)32)23-8-10-24(11-9-23)28(35)30(5)16-17-31-14-6-7-15-31/h20-21,23-27H,6-19H2,1-5H3/t21-,23?,24?,25?,26?,27?/m0/s1. The van der Waals surface area contributed by atoms with Gasteiger partial charge < -0.3 is 24.3 Å². The molecule has 37 heavy (non-hydrogen) atoms. The minimum Gasteiger partial charge on any atom is -0.447 e. The molecule has 0 spiro atoms. The number of nitrogens with zero attached hydrogens (tertiary/aromatic N) is 4. The fourth-order valence-electron chi connectivity index (χ4n) is 7.67. The molecule has 8 heteroatoms. The van der Waals surface area contributed by atoms with Crippen molar-refractivity contribution in [2.45, 2.75) is 110 Å². The molecule has 2 saturated carbocycles. The molecule has 0 bridgehead atoms. The van der Waals surface area contributed by atoms with Crippen molar-refractivity contribution in [2.75, 3.05) is 39.8 Å². The maximum atomic E-state index is 13.1. The summed E-state index contributed by atoms with van der Waals surface area (Å²) < 4.78 is 5.62. The van der Waals surface area contributed by atoms with Gasteiger partial charge in [0.1, 0.15) is 0 Å². The van der Waals surface area contributed by atoms with Crippen LogP contribution >= 0.6 is 0 Å². The average Bonchev–Trinajstić information content (AvgIpc) is 3.39. The summed E-state index contributed by atoms with van der Waals surface area (Å²) >= 11 is 0. The van der Waals surface area contributed by atoms with E-state index in [4.69, 9.17) is 4.74 Å². The molecule has 0 radical (unpaired) electrons. The monoisotopic (exact) mass is 518 g/mol. The van der Waals surface area contributed by atoms with E-state index in [1.807, 2.05) is 42.5 Å². The van der Waals surface area contributed by atoms with Crippen LogP contribution in [0.15, 0.2) is 0 Å². The number of rotatable bonds is 6. The molecule has 4 atom stereocenters. The average molecular weight is 519 g/mol. The Balaban J connectivity index is 1.33. The summed E-state index contributed by atoms with van der Waals surface area (Å²) in [5.74, 6) is 1.69. The highest BCUT2D eigenvalue weighted by molar-refractivity contribution is 5.78. The SMILES string of the molecule is CC(=O)N1C2CCC(C3CCC(C(=O)N(C)CCN4CCCC4)CC3)CC2N(C(=O)OC(C)C)C[C@@H]1C. The summed E-state index contributed by atoms with van der Waals surface area (Å²) in [6.07, 6.45) is 9.22. The van der Waals surface area contributed by atoms with Gasteiger partial charge in [-0.1, -0.05) is 0 Å². The van der Waals surface area contributed by atoms with Crippen molar-refractivity contribution < 1.29 is 19.1 Å². The summed E-state index contributed by atoms with van der Waals surface area (Å²) in [5, 5.41) is 0. The molecular weight excluding hydrogens is 468 g/mol. The quantitative estimate of drug-likeness (QED) is 0.532. The molecule has 0 N–H and O–H groups in total. The number of fused-ring (bicyclic) bond motifs is 1. The molecule has 0 aromatic carbocycles. The van der Waals surface area contributed by atoms with E-state index >= 15 is 0 Å². The van der Waals surface area contributed by atoms with Crippen LogP contribution in [-0.2, 0) is 14.3 Å². The zero-order valence-corrected chi connectivity index (χ0v) is 23.9. The van der Waals surface area contributed by atoms with Crippen LogP contribution in [0.3, 0.4) is 0 Å². The van der Waals surface area contributed by atoms with Gasteiger partial charge in [-0.05, 0) is 103 Å². The predicted octanol–water partition coefficient (Wildman–Crippen LogP) is 3.98. The van der Waals surface area contributed by atoms with E-state index in [0.29, 0.717) is 24.3 Å². The van der Waals surface area contributed by atoms with E-state index in [-0.39, 0.29) is 42.1 Å². The van der Waals surface area contributed by atoms with Gasteiger partial charge in [-0.25, -0.2) is 4.79 Å². The fraction of sp³-hybridized carbons (Fsp3) is 0.897. The second-order valence-corrected chi connectivity index (χ2v) is 12.5. The van der Waals surface area contributed by atoms with Crippen molar-refractivity contribution in [1.82, 2.24) is 19.6 Å². The number of carbonyl (C=O) groups excluding carboxylic acids is 3. The molecule has 8 nitrogen and oxygen atoms in total. The largest absolute Gasteiger partial charge is 0.447 e. The van der Waals surface area contributed by atoms with Crippen molar-refractivity contribution in [2.24, 2.45) is 17.8 Å². The van der Waals surface area contributed by atoms with E-state index in [2.05, 4.69) is 4.90 Å². The Morgan fingerprint density at radius 3 is 2.22 bits per heavy atom. The van der Waals surface area contributed by atoms with E-state index in [1.165, 1.54) is 25.9 Å². The van der Waals surface area contributed by atoms with Gasteiger partial charge in [0.25, 0.3) is 0 Å². The minimum absolute atomic E-state index is 0.000998. The van der Waals surface area contributed by atoms with E-state index < -0.39 is 0 Å². The molecule has 0 aromatic heterocycles. The second kappa shape index (κ2) is 12.4. The lowest BCUT2D eigenvalue weighted by Gasteiger charge is -2.54. The van der Waals surface area contributed by atoms with Crippen molar-refractivity contribution in [3.8, 4) is 0 Å². The number of carbonyl (C=O) groups is 3. The maximum Gasteiger partial charge on any atom is 0.410 e. The van der Waals surface area contributed by atoms with Gasteiger partial charge in [0, 0.05) is 45.6 Å². The summed E-state index contributed by atoms with van der Waals surface area (Å²) in [6, 6.07) is 0.0829. The first kappa shape index (κ1) is 28.2. The van der Waals surface area contributed by atoms with Crippen LogP contribution in [0.4, 0.5) is 4.79 Å². The first-order valence-electron chi connectivity index (χ1n) is 14.9. The predicted molar refractivity (Wildman–Crippen MR) is 144 cm³/mol. The number of hydrogen-bond acceptors (Lipinski definition) is 5. The van der Waals surface area contributed by atoms with Crippen LogP contribution < -0.4 is 0 Å². The van der Waals surface area contributed by atoms with Crippen LogP contribution in [-0.4, -0.2) is 102 Å². The lowest BCUT2D eigenvalue weighted by Crippen LogP contribution is -2.67. The number of piperazine rings is 1. The van der Waals surface area contributed by atoms with Gasteiger partial charge in [0.05, 0.1) is 18.2 Å². The molecular formula is C29H50N4O4. The summed E-state index contributed by atoms with van der Waals surface area (Å²) in [6.45, 7) is 12.2. The first-order chi connectivity index (χ1) is 17.7. The van der Waals surface area contributed by atoms with Crippen molar-refractivity contribution in [3.63, 3.8) is 0 Å². The maximum absolute atomic E-state index is 13.1. The van der Waals surface area contributed by atoms with Crippen LogP contribution in [0.5, 0.6) is 0 Å². The topological polar surface area (TPSA) is 73.4 Å². The molecule has 210 valence electrons. The number of hydrogen-bond donors (Lipinski definition) is 0. The van der Waals surface area contributed by atoms with Gasteiger partial charge >= 0.3 is 6.09 Å². The second-order valence-electron chi connectivity index (χ2n) is 12.5. The highest BCUT2D eigenvalue weighted by Crippen LogP contribution is 2.44. The normalized spacial score (nSPS) is 32.8. The van der Waals surface area contributed by atoms with Crippen molar-refractivity contribution in [3.05, 3.63) is 0 Å². The highest BCUT2D eigenvalue weighted by Gasteiger charge is 2.48. The summed E-state index contributed by atoms with van der Waals surface area (Å²) in [5.41, 5.74) is 0. The fourth-order valence-corrected chi connectivity index (χ4v) is 7.67. The van der Waals surface area contributed by atoms with Crippen molar-refractivity contribution in [1.29, 1.82) is 0 Å². The Bertz CT molecular complexity index is 806. The molecule has 2 aliphatic heterocycles. The molecule has 2 saturated heterocycles. The molecule has 0 aromatic rings. The van der Waals surface area contributed by atoms with Crippen LogP contribution in [0, 0.1) is 17.8 Å². The van der Waals surface area contributed by atoms with E-state index in [9.17, 15) is 14.4 Å². The lowest BCUT2D eigenvalue weighted by molar-refractivity contribution is -0.142. The van der Waals surface area contributed by atoms with Crippen LogP contribution in [0.25, 0.3) is 0 Å². The lowest BCUT2D eigenvalue weighted by atomic mass is 9.68. The Labute approximate surface area is 224 Å². The molecule has 2 aliphatic carbocycles. The van der Waals surface area contributed by atoms with E-state index in [0.717, 1.165) is 58.0 Å². The van der Waals surface area contributed by atoms with Gasteiger partial charge in [-0.3, -0.25) is 9.59 Å².